The third-order valence-electron chi connectivity index (χ3n) is 5.40. The molecule has 6 heteroatoms. The Balaban J connectivity index is 1.35. The first kappa shape index (κ1) is 14.9. The van der Waals surface area contributed by atoms with E-state index >= 15 is 0 Å². The molecule has 3 aliphatic rings. The van der Waals surface area contributed by atoms with E-state index in [0.717, 1.165) is 12.8 Å². The number of hydrogen-bond donors (Lipinski definition) is 0. The normalized spacial score (nSPS) is 31.0. The lowest BCUT2D eigenvalue weighted by Crippen LogP contribution is -2.67. The molecule has 0 bridgehead atoms. The lowest BCUT2D eigenvalue weighted by atomic mass is 9.81. The molecule has 124 valence electrons. The second-order valence-corrected chi connectivity index (χ2v) is 7.01. The second kappa shape index (κ2) is 5.44. The number of aromatic nitrogens is 1. The SMILES string of the molecule is CC1CC1C(=O)N1CC2(C1)OCCC2COc1ncccc1F. The fraction of sp³-hybridized carbons (Fsp3) is 0.647. The fourth-order valence-corrected chi connectivity index (χ4v) is 3.68. The standard InChI is InChI=1S/C17H21FN2O3/c1-11-7-13(11)16(21)20-9-17(10-20)12(4-6-23-17)8-22-15-14(18)3-2-5-19-15/h2-3,5,11-13H,4,6-10H2,1H3. The molecule has 3 heterocycles. The fourth-order valence-electron chi connectivity index (χ4n) is 3.68. The Morgan fingerprint density at radius 1 is 1.57 bits per heavy atom. The number of rotatable bonds is 4. The quantitative estimate of drug-likeness (QED) is 0.850. The molecule has 5 nitrogen and oxygen atoms in total. The zero-order chi connectivity index (χ0) is 16.0. The summed E-state index contributed by atoms with van der Waals surface area (Å²) >= 11 is 0. The number of carbonyl (C=O) groups is 1. The van der Waals surface area contributed by atoms with Gasteiger partial charge in [0.1, 0.15) is 5.60 Å². The van der Waals surface area contributed by atoms with E-state index in [9.17, 15) is 9.18 Å². The molecule has 3 atom stereocenters. The average Bonchev–Trinajstić information content (AvgIpc) is 3.08. The molecule has 0 N–H and O–H groups in total. The van der Waals surface area contributed by atoms with E-state index in [4.69, 9.17) is 9.47 Å². The lowest BCUT2D eigenvalue weighted by Gasteiger charge is -2.50. The summed E-state index contributed by atoms with van der Waals surface area (Å²) in [6, 6.07) is 2.88. The van der Waals surface area contributed by atoms with E-state index < -0.39 is 5.82 Å². The van der Waals surface area contributed by atoms with Gasteiger partial charge in [-0.15, -0.1) is 0 Å². The average molecular weight is 320 g/mol. The third-order valence-corrected chi connectivity index (χ3v) is 5.40. The summed E-state index contributed by atoms with van der Waals surface area (Å²) in [4.78, 5) is 18.1. The predicted octanol–water partition coefficient (Wildman–Crippen LogP) is 1.87. The first-order chi connectivity index (χ1) is 11.1. The Morgan fingerprint density at radius 2 is 2.35 bits per heavy atom. The molecule has 1 aliphatic carbocycles. The highest BCUT2D eigenvalue weighted by atomic mass is 19.1. The molecule has 0 aromatic carbocycles. The van der Waals surface area contributed by atoms with E-state index in [2.05, 4.69) is 11.9 Å². The van der Waals surface area contributed by atoms with Crippen molar-refractivity contribution in [3.8, 4) is 5.88 Å². The van der Waals surface area contributed by atoms with E-state index in [0.29, 0.717) is 32.2 Å². The van der Waals surface area contributed by atoms with Gasteiger partial charge in [-0.3, -0.25) is 4.79 Å². The van der Waals surface area contributed by atoms with Crippen LogP contribution in [0.25, 0.3) is 0 Å². The van der Waals surface area contributed by atoms with Crippen LogP contribution in [-0.2, 0) is 9.53 Å². The number of ether oxygens (including phenoxy) is 2. The molecule has 1 amide bonds. The Bertz CT molecular complexity index is 618. The van der Waals surface area contributed by atoms with Gasteiger partial charge in [0, 0.05) is 24.6 Å². The molecule has 1 spiro atoms. The molecule has 2 saturated heterocycles. The number of halogens is 1. The number of amides is 1. The Hall–Kier alpha value is -1.69. The highest BCUT2D eigenvalue weighted by Gasteiger charge is 2.57. The predicted molar refractivity (Wildman–Crippen MR) is 80.3 cm³/mol. The van der Waals surface area contributed by atoms with Crippen LogP contribution in [0.1, 0.15) is 19.8 Å². The topological polar surface area (TPSA) is 51.7 Å². The molecule has 0 radical (unpaired) electrons. The van der Waals surface area contributed by atoms with Crippen molar-refractivity contribution in [3.63, 3.8) is 0 Å². The van der Waals surface area contributed by atoms with Gasteiger partial charge >= 0.3 is 0 Å². The zero-order valence-corrected chi connectivity index (χ0v) is 13.2. The summed E-state index contributed by atoms with van der Waals surface area (Å²) in [6.07, 6.45) is 3.39. The van der Waals surface area contributed by atoms with E-state index in [1.165, 1.54) is 18.3 Å². The number of likely N-dealkylation sites (tertiary alicyclic amines) is 1. The van der Waals surface area contributed by atoms with Crippen LogP contribution in [0.15, 0.2) is 18.3 Å². The number of pyridine rings is 1. The van der Waals surface area contributed by atoms with Gasteiger partial charge in [-0.1, -0.05) is 6.92 Å². The highest BCUT2D eigenvalue weighted by Crippen LogP contribution is 2.45. The van der Waals surface area contributed by atoms with Crippen LogP contribution < -0.4 is 4.74 Å². The van der Waals surface area contributed by atoms with Crippen molar-refractivity contribution in [1.29, 1.82) is 0 Å². The minimum Gasteiger partial charge on any atom is -0.475 e. The summed E-state index contributed by atoms with van der Waals surface area (Å²) in [5, 5.41) is 0. The van der Waals surface area contributed by atoms with Crippen molar-refractivity contribution in [3.05, 3.63) is 24.1 Å². The van der Waals surface area contributed by atoms with Gasteiger partial charge in [0.15, 0.2) is 5.82 Å². The largest absolute Gasteiger partial charge is 0.475 e. The molecule has 1 saturated carbocycles. The van der Waals surface area contributed by atoms with E-state index in [1.54, 1.807) is 0 Å². The summed E-state index contributed by atoms with van der Waals surface area (Å²) in [6.45, 7) is 4.42. The van der Waals surface area contributed by atoms with Crippen molar-refractivity contribution < 1.29 is 18.7 Å². The zero-order valence-electron chi connectivity index (χ0n) is 13.2. The first-order valence-corrected chi connectivity index (χ1v) is 8.25. The van der Waals surface area contributed by atoms with Crippen molar-refractivity contribution in [2.45, 2.75) is 25.4 Å². The van der Waals surface area contributed by atoms with Crippen molar-refractivity contribution in [1.82, 2.24) is 9.88 Å². The number of carbonyl (C=O) groups excluding carboxylic acids is 1. The van der Waals surface area contributed by atoms with E-state index in [-0.39, 0.29) is 29.2 Å². The summed E-state index contributed by atoms with van der Waals surface area (Å²) in [5.41, 5.74) is -0.307. The molecule has 3 fully saturated rings. The van der Waals surface area contributed by atoms with Gasteiger partial charge in [0.2, 0.25) is 11.8 Å². The number of hydrogen-bond acceptors (Lipinski definition) is 4. The Labute approximate surface area is 134 Å². The molecule has 4 rings (SSSR count). The molecular formula is C17H21FN2O3. The minimum absolute atomic E-state index is 0.0358. The Kier molecular flexibility index (Phi) is 3.52. The molecule has 1 aromatic heterocycles. The van der Waals surface area contributed by atoms with Gasteiger partial charge < -0.3 is 14.4 Å². The van der Waals surface area contributed by atoms with Gasteiger partial charge in [-0.2, -0.15) is 0 Å². The lowest BCUT2D eigenvalue weighted by molar-refractivity contribution is -0.168. The van der Waals surface area contributed by atoms with Crippen molar-refractivity contribution in [2.75, 3.05) is 26.3 Å². The van der Waals surface area contributed by atoms with Crippen LogP contribution in [0.4, 0.5) is 4.39 Å². The van der Waals surface area contributed by atoms with E-state index in [1.807, 2.05) is 4.90 Å². The molecule has 1 aromatic rings. The smallest absolute Gasteiger partial charge is 0.250 e. The van der Waals surface area contributed by atoms with Gasteiger partial charge in [-0.05, 0) is 30.9 Å². The van der Waals surface area contributed by atoms with Crippen molar-refractivity contribution in [2.24, 2.45) is 17.8 Å². The second-order valence-electron chi connectivity index (χ2n) is 7.01. The van der Waals surface area contributed by atoms with Crippen LogP contribution >= 0.6 is 0 Å². The maximum absolute atomic E-state index is 13.6. The van der Waals surface area contributed by atoms with Gasteiger partial charge in [0.25, 0.3) is 0 Å². The third kappa shape index (κ3) is 2.59. The van der Waals surface area contributed by atoms with Crippen molar-refractivity contribution >= 4 is 5.91 Å². The first-order valence-electron chi connectivity index (χ1n) is 8.25. The number of nitrogens with zero attached hydrogens (tertiary/aromatic N) is 2. The molecular weight excluding hydrogens is 299 g/mol. The Morgan fingerprint density at radius 3 is 3.04 bits per heavy atom. The summed E-state index contributed by atoms with van der Waals surface area (Å²) in [5.74, 6) is 0.752. The van der Waals surface area contributed by atoms with Crippen LogP contribution in [0, 0.1) is 23.6 Å². The minimum atomic E-state index is -0.450. The van der Waals surface area contributed by atoms with Crippen LogP contribution in [0.3, 0.4) is 0 Å². The van der Waals surface area contributed by atoms with Gasteiger partial charge in [-0.25, -0.2) is 9.37 Å². The van der Waals surface area contributed by atoms with Crippen LogP contribution in [-0.4, -0.2) is 47.7 Å². The summed E-state index contributed by atoms with van der Waals surface area (Å²) in [7, 11) is 0. The van der Waals surface area contributed by atoms with Crippen LogP contribution in [0.2, 0.25) is 0 Å². The maximum Gasteiger partial charge on any atom is 0.250 e. The highest BCUT2D eigenvalue weighted by molar-refractivity contribution is 5.82. The summed E-state index contributed by atoms with van der Waals surface area (Å²) < 4.78 is 25.1. The van der Waals surface area contributed by atoms with Gasteiger partial charge in [0.05, 0.1) is 19.7 Å². The molecule has 3 unspecified atom stereocenters. The maximum atomic E-state index is 13.6. The molecule has 2 aliphatic heterocycles. The van der Waals surface area contributed by atoms with Crippen LogP contribution in [0.5, 0.6) is 5.88 Å². The monoisotopic (exact) mass is 320 g/mol. The molecule has 23 heavy (non-hydrogen) atoms.